The lowest BCUT2D eigenvalue weighted by atomic mass is 9.81. The van der Waals surface area contributed by atoms with Crippen molar-refractivity contribution in [1.29, 1.82) is 0 Å². The molecule has 0 aliphatic rings. The summed E-state index contributed by atoms with van der Waals surface area (Å²) in [5, 5.41) is 0. The second-order valence-corrected chi connectivity index (χ2v) is 4.32. The number of carbonyl (C=O) groups excluding carboxylic acids is 1. The zero-order valence-corrected chi connectivity index (χ0v) is 9.62. The summed E-state index contributed by atoms with van der Waals surface area (Å²) in [7, 11) is 1.66. The van der Waals surface area contributed by atoms with Crippen molar-refractivity contribution >= 4 is 6.29 Å². The number of ether oxygens (including phenoxy) is 1. The van der Waals surface area contributed by atoms with Crippen LogP contribution in [0.4, 0.5) is 0 Å². The molecule has 0 bridgehead atoms. The molecule has 0 saturated carbocycles. The lowest BCUT2D eigenvalue weighted by Gasteiger charge is -2.24. The number of rotatable bonds is 5. The van der Waals surface area contributed by atoms with Crippen LogP contribution in [-0.4, -0.2) is 13.4 Å². The van der Waals surface area contributed by atoms with Crippen LogP contribution in [0.15, 0.2) is 24.3 Å². The Hall–Kier alpha value is -1.31. The van der Waals surface area contributed by atoms with E-state index in [1.54, 1.807) is 7.11 Å². The third-order valence-corrected chi connectivity index (χ3v) is 2.76. The summed E-state index contributed by atoms with van der Waals surface area (Å²) in [6.07, 6.45) is 2.47. The molecule has 1 aromatic carbocycles. The normalized spacial score (nSPS) is 11.1. The first-order chi connectivity index (χ1) is 7.10. The van der Waals surface area contributed by atoms with Gasteiger partial charge in [0.05, 0.1) is 7.11 Å². The average Bonchev–Trinajstić information content (AvgIpc) is 2.26. The minimum Gasteiger partial charge on any atom is -0.497 e. The molecule has 0 aliphatic heterocycles. The second-order valence-electron chi connectivity index (χ2n) is 4.32. The van der Waals surface area contributed by atoms with Crippen molar-refractivity contribution in [2.24, 2.45) is 0 Å². The molecule has 1 rings (SSSR count). The third kappa shape index (κ3) is 3.08. The fourth-order valence-corrected chi connectivity index (χ4v) is 1.61. The van der Waals surface area contributed by atoms with Crippen molar-refractivity contribution in [1.82, 2.24) is 0 Å². The summed E-state index contributed by atoms with van der Waals surface area (Å²) in [5.41, 5.74) is 1.29. The molecule has 0 aliphatic carbocycles. The highest BCUT2D eigenvalue weighted by Gasteiger charge is 2.19. The highest BCUT2D eigenvalue weighted by atomic mass is 16.5. The summed E-state index contributed by atoms with van der Waals surface area (Å²) in [5.74, 6) is 0.866. The number of carbonyl (C=O) groups is 1. The molecular weight excluding hydrogens is 188 g/mol. The Balaban J connectivity index is 2.79. The molecule has 0 fully saturated rings. The van der Waals surface area contributed by atoms with Gasteiger partial charge in [-0.05, 0) is 29.5 Å². The second kappa shape index (κ2) is 4.96. The largest absolute Gasteiger partial charge is 0.497 e. The fourth-order valence-electron chi connectivity index (χ4n) is 1.61. The number of aldehydes is 1. The van der Waals surface area contributed by atoms with Crippen LogP contribution >= 0.6 is 0 Å². The molecule has 82 valence electrons. The smallest absolute Gasteiger partial charge is 0.120 e. The van der Waals surface area contributed by atoms with Crippen LogP contribution in [-0.2, 0) is 10.2 Å². The summed E-state index contributed by atoms with van der Waals surface area (Å²) in [6.45, 7) is 4.30. The Morgan fingerprint density at radius 2 is 1.87 bits per heavy atom. The van der Waals surface area contributed by atoms with Crippen LogP contribution in [0.5, 0.6) is 5.75 Å². The third-order valence-electron chi connectivity index (χ3n) is 2.76. The fraction of sp³-hybridized carbons (Fsp3) is 0.462. The predicted molar refractivity (Wildman–Crippen MR) is 61.3 cm³/mol. The molecule has 0 radical (unpaired) electrons. The van der Waals surface area contributed by atoms with Crippen molar-refractivity contribution < 1.29 is 9.53 Å². The van der Waals surface area contributed by atoms with E-state index in [2.05, 4.69) is 26.0 Å². The van der Waals surface area contributed by atoms with Crippen molar-refractivity contribution in [3.63, 3.8) is 0 Å². The molecule has 2 heteroatoms. The lowest BCUT2D eigenvalue weighted by molar-refractivity contribution is -0.108. The zero-order valence-electron chi connectivity index (χ0n) is 9.62. The van der Waals surface area contributed by atoms with Gasteiger partial charge in [0.25, 0.3) is 0 Å². The molecule has 0 aromatic heterocycles. The monoisotopic (exact) mass is 206 g/mol. The standard InChI is InChI=1S/C13H18O2/c1-13(2,9-4-10-14)11-5-7-12(15-3)8-6-11/h5-8,10H,4,9H2,1-3H3. The molecule has 0 spiro atoms. The first-order valence-corrected chi connectivity index (χ1v) is 5.18. The summed E-state index contributed by atoms with van der Waals surface area (Å²) < 4.78 is 5.11. The van der Waals surface area contributed by atoms with Gasteiger partial charge in [-0.2, -0.15) is 0 Å². The maximum atomic E-state index is 10.4. The molecule has 0 amide bonds. The van der Waals surface area contributed by atoms with Gasteiger partial charge in [-0.25, -0.2) is 0 Å². The Kier molecular flexibility index (Phi) is 3.89. The van der Waals surface area contributed by atoms with E-state index in [1.165, 1.54) is 5.56 Å². The van der Waals surface area contributed by atoms with Crippen molar-refractivity contribution in [3.8, 4) is 5.75 Å². The molecule has 15 heavy (non-hydrogen) atoms. The van der Waals surface area contributed by atoms with Gasteiger partial charge in [-0.3, -0.25) is 0 Å². The van der Waals surface area contributed by atoms with Crippen LogP contribution < -0.4 is 4.74 Å². The maximum Gasteiger partial charge on any atom is 0.120 e. The molecule has 0 unspecified atom stereocenters. The van der Waals surface area contributed by atoms with Gasteiger partial charge >= 0.3 is 0 Å². The Morgan fingerprint density at radius 1 is 1.27 bits per heavy atom. The van der Waals surface area contributed by atoms with Gasteiger partial charge in [0.15, 0.2) is 0 Å². The maximum absolute atomic E-state index is 10.4. The molecule has 0 heterocycles. The van der Waals surface area contributed by atoms with E-state index in [-0.39, 0.29) is 5.41 Å². The quantitative estimate of drug-likeness (QED) is 0.692. The van der Waals surface area contributed by atoms with Gasteiger partial charge in [0.2, 0.25) is 0 Å². The van der Waals surface area contributed by atoms with Gasteiger partial charge in [0.1, 0.15) is 12.0 Å². The van der Waals surface area contributed by atoms with E-state index in [1.807, 2.05) is 12.1 Å². The lowest BCUT2D eigenvalue weighted by Crippen LogP contribution is -2.16. The number of hydrogen-bond acceptors (Lipinski definition) is 2. The zero-order chi connectivity index (χ0) is 11.3. The molecule has 2 nitrogen and oxygen atoms in total. The molecule has 0 N–H and O–H groups in total. The van der Waals surface area contributed by atoms with E-state index < -0.39 is 0 Å². The first-order valence-electron chi connectivity index (χ1n) is 5.18. The van der Waals surface area contributed by atoms with Crippen LogP contribution in [0.1, 0.15) is 32.3 Å². The Labute approximate surface area is 91.3 Å². The minimum atomic E-state index is 0.0488. The summed E-state index contributed by atoms with van der Waals surface area (Å²) >= 11 is 0. The van der Waals surface area contributed by atoms with Crippen molar-refractivity contribution in [3.05, 3.63) is 29.8 Å². The SMILES string of the molecule is COc1ccc(C(C)(C)CCC=O)cc1. The summed E-state index contributed by atoms with van der Waals surface area (Å²) in [6, 6.07) is 8.03. The predicted octanol–water partition coefficient (Wildman–Crippen LogP) is 2.95. The average molecular weight is 206 g/mol. The minimum absolute atomic E-state index is 0.0488. The van der Waals surface area contributed by atoms with Gasteiger partial charge in [0, 0.05) is 6.42 Å². The number of hydrogen-bond donors (Lipinski definition) is 0. The van der Waals surface area contributed by atoms with Crippen LogP contribution in [0.2, 0.25) is 0 Å². The molecule has 0 saturated heterocycles. The van der Waals surface area contributed by atoms with E-state index in [0.717, 1.165) is 18.5 Å². The Morgan fingerprint density at radius 3 is 2.33 bits per heavy atom. The van der Waals surface area contributed by atoms with Crippen LogP contribution in [0.3, 0.4) is 0 Å². The van der Waals surface area contributed by atoms with E-state index >= 15 is 0 Å². The first kappa shape index (κ1) is 11.8. The van der Waals surface area contributed by atoms with E-state index in [0.29, 0.717) is 6.42 Å². The highest BCUT2D eigenvalue weighted by molar-refractivity contribution is 5.49. The van der Waals surface area contributed by atoms with Crippen molar-refractivity contribution in [2.75, 3.05) is 7.11 Å². The topological polar surface area (TPSA) is 26.3 Å². The van der Waals surface area contributed by atoms with Gasteiger partial charge in [-0.1, -0.05) is 26.0 Å². The van der Waals surface area contributed by atoms with E-state index in [9.17, 15) is 4.79 Å². The van der Waals surface area contributed by atoms with Gasteiger partial charge in [-0.15, -0.1) is 0 Å². The number of methoxy groups -OCH3 is 1. The van der Waals surface area contributed by atoms with Crippen molar-refractivity contribution in [2.45, 2.75) is 32.1 Å². The van der Waals surface area contributed by atoms with Crippen LogP contribution in [0, 0.1) is 0 Å². The van der Waals surface area contributed by atoms with Crippen LogP contribution in [0.25, 0.3) is 0 Å². The molecular formula is C13H18O2. The van der Waals surface area contributed by atoms with E-state index in [4.69, 9.17) is 4.74 Å². The summed E-state index contributed by atoms with van der Waals surface area (Å²) in [4.78, 5) is 10.4. The number of benzene rings is 1. The van der Waals surface area contributed by atoms with Gasteiger partial charge < -0.3 is 9.53 Å². The molecule has 1 aromatic rings. The highest BCUT2D eigenvalue weighted by Crippen LogP contribution is 2.29. The Bertz CT molecular complexity index is 312. The molecule has 0 atom stereocenters.